The van der Waals surface area contributed by atoms with Gasteiger partial charge in [0.25, 0.3) is 0 Å². The first-order chi connectivity index (χ1) is 14.7. The lowest BCUT2D eigenvalue weighted by Crippen LogP contribution is -2.40. The lowest BCUT2D eigenvalue weighted by Gasteiger charge is -2.37. The van der Waals surface area contributed by atoms with E-state index in [2.05, 4.69) is 26.3 Å². The van der Waals surface area contributed by atoms with Crippen molar-refractivity contribution in [2.75, 3.05) is 5.32 Å². The highest BCUT2D eigenvalue weighted by molar-refractivity contribution is 7.15. The van der Waals surface area contributed by atoms with E-state index >= 15 is 0 Å². The van der Waals surface area contributed by atoms with Gasteiger partial charge < -0.3 is 16.2 Å². The average molecular weight is 438 g/mol. The number of carbonyl (C=O) groups excluding carboxylic acids is 1. The number of benzene rings is 1. The van der Waals surface area contributed by atoms with Gasteiger partial charge in [0.1, 0.15) is 10.6 Å². The smallest absolute Gasteiger partial charge is 0.227 e. The Bertz CT molecular complexity index is 1110. The van der Waals surface area contributed by atoms with E-state index in [1.165, 1.54) is 11.3 Å². The molecule has 0 bridgehead atoms. The number of anilines is 2. The van der Waals surface area contributed by atoms with Gasteiger partial charge in [0, 0.05) is 29.7 Å². The molecule has 0 radical (unpaired) electrons. The molecule has 31 heavy (non-hydrogen) atoms. The predicted molar refractivity (Wildman–Crippen MR) is 122 cm³/mol. The van der Waals surface area contributed by atoms with E-state index in [4.69, 9.17) is 5.73 Å². The van der Waals surface area contributed by atoms with E-state index < -0.39 is 5.60 Å². The summed E-state index contributed by atoms with van der Waals surface area (Å²) in [4.78, 5) is 25.8. The first-order valence-electron chi connectivity index (χ1n) is 10.4. The lowest BCUT2D eigenvalue weighted by molar-refractivity contribution is -0.127. The molecule has 0 aliphatic heterocycles. The van der Waals surface area contributed by atoms with E-state index in [0.29, 0.717) is 30.2 Å². The second kappa shape index (κ2) is 8.36. The molecule has 4 rings (SSSR count). The zero-order valence-corrected chi connectivity index (χ0v) is 18.7. The van der Waals surface area contributed by atoms with Gasteiger partial charge in [-0.15, -0.1) is 11.3 Å². The molecule has 1 aliphatic carbocycles. The van der Waals surface area contributed by atoms with Gasteiger partial charge in [-0.3, -0.25) is 4.79 Å². The summed E-state index contributed by atoms with van der Waals surface area (Å²) in [5.74, 6) is 0.101. The number of aromatic nitrogens is 3. The van der Waals surface area contributed by atoms with Crippen molar-refractivity contribution in [2.24, 2.45) is 17.6 Å². The number of rotatable bonds is 5. The Morgan fingerprint density at radius 2 is 2.10 bits per heavy atom. The van der Waals surface area contributed by atoms with Crippen LogP contribution in [-0.2, 0) is 10.4 Å². The van der Waals surface area contributed by atoms with Crippen molar-refractivity contribution in [3.63, 3.8) is 0 Å². The Morgan fingerprint density at radius 3 is 2.81 bits per heavy atom. The van der Waals surface area contributed by atoms with E-state index in [9.17, 15) is 9.90 Å². The maximum absolute atomic E-state index is 11.6. The number of primary amides is 1. The van der Waals surface area contributed by atoms with Crippen LogP contribution in [0.4, 0.5) is 11.6 Å². The number of hydrogen-bond acceptors (Lipinski definition) is 7. The summed E-state index contributed by atoms with van der Waals surface area (Å²) >= 11 is 1.49. The highest BCUT2D eigenvalue weighted by Gasteiger charge is 2.42. The summed E-state index contributed by atoms with van der Waals surface area (Å²) in [7, 11) is 0. The quantitative estimate of drug-likeness (QED) is 0.554. The third-order valence-corrected chi connectivity index (χ3v) is 7.14. The highest BCUT2D eigenvalue weighted by atomic mass is 32.1. The summed E-state index contributed by atoms with van der Waals surface area (Å²) in [5, 5.41) is 15.2. The number of nitrogens with one attached hydrogen (secondary N) is 1. The molecule has 1 fully saturated rings. The highest BCUT2D eigenvalue weighted by Crippen LogP contribution is 2.45. The maximum Gasteiger partial charge on any atom is 0.227 e. The van der Waals surface area contributed by atoms with E-state index in [1.54, 1.807) is 6.20 Å². The monoisotopic (exact) mass is 437 g/mol. The third kappa shape index (κ3) is 4.60. The molecule has 1 saturated carbocycles. The van der Waals surface area contributed by atoms with Crippen molar-refractivity contribution >= 4 is 28.9 Å². The molecule has 0 spiro atoms. The van der Waals surface area contributed by atoms with Crippen molar-refractivity contribution in [1.82, 2.24) is 15.0 Å². The summed E-state index contributed by atoms with van der Waals surface area (Å²) in [6.07, 6.45) is 5.09. The minimum atomic E-state index is -1.02. The number of amides is 1. The van der Waals surface area contributed by atoms with E-state index in [0.717, 1.165) is 27.4 Å². The van der Waals surface area contributed by atoms with Crippen molar-refractivity contribution in [3.05, 3.63) is 52.9 Å². The number of nitrogens with two attached hydrogens (primary N) is 1. The molecule has 1 aromatic carbocycles. The second-order valence-corrected chi connectivity index (χ2v) is 9.56. The van der Waals surface area contributed by atoms with Crippen LogP contribution in [0.5, 0.6) is 0 Å². The standard InChI is InChI=1S/C23H27N5O2S/c1-13-8-16(10-17(9-13)28-22-25-7-5-15(3)27-22)19-12-26-21(31-19)23(30)6-4-18(20(24)29)14(2)11-23/h5,7-10,12,14,18,30H,4,6,11H2,1-3H3,(H2,24,29)(H,25,27,28). The molecule has 162 valence electrons. The normalized spacial score (nSPS) is 23.5. The number of carbonyl (C=O) groups is 1. The maximum atomic E-state index is 11.6. The Kier molecular flexibility index (Phi) is 5.77. The molecule has 2 aromatic heterocycles. The zero-order chi connectivity index (χ0) is 22.2. The van der Waals surface area contributed by atoms with Crippen LogP contribution in [-0.4, -0.2) is 26.0 Å². The van der Waals surface area contributed by atoms with Gasteiger partial charge in [-0.25, -0.2) is 15.0 Å². The average Bonchev–Trinajstić information content (AvgIpc) is 3.18. The molecule has 1 amide bonds. The summed E-state index contributed by atoms with van der Waals surface area (Å²) in [6.45, 7) is 5.93. The molecule has 7 nitrogen and oxygen atoms in total. The minimum absolute atomic E-state index is 0.0210. The Morgan fingerprint density at radius 1 is 1.29 bits per heavy atom. The molecular weight excluding hydrogens is 410 g/mol. The molecule has 3 unspecified atom stereocenters. The number of aliphatic hydroxyl groups is 1. The van der Waals surface area contributed by atoms with Gasteiger partial charge in [0.15, 0.2) is 0 Å². The number of hydrogen-bond donors (Lipinski definition) is 3. The molecular formula is C23H27N5O2S. The van der Waals surface area contributed by atoms with Crippen LogP contribution in [0.3, 0.4) is 0 Å². The van der Waals surface area contributed by atoms with Gasteiger partial charge in [0.05, 0.1) is 4.88 Å². The van der Waals surface area contributed by atoms with Crippen molar-refractivity contribution < 1.29 is 9.90 Å². The predicted octanol–water partition coefficient (Wildman–Crippen LogP) is 4.07. The first kappa shape index (κ1) is 21.4. The van der Waals surface area contributed by atoms with Gasteiger partial charge in [-0.2, -0.15) is 0 Å². The van der Waals surface area contributed by atoms with Crippen LogP contribution < -0.4 is 11.1 Å². The Hall–Kier alpha value is -2.84. The number of nitrogens with zero attached hydrogens (tertiary/aromatic N) is 3. The molecule has 3 aromatic rings. The molecule has 8 heteroatoms. The van der Waals surface area contributed by atoms with Crippen LogP contribution >= 0.6 is 11.3 Å². The van der Waals surface area contributed by atoms with Gasteiger partial charge in [0.2, 0.25) is 11.9 Å². The minimum Gasteiger partial charge on any atom is -0.383 e. The van der Waals surface area contributed by atoms with Crippen LogP contribution in [0, 0.1) is 25.7 Å². The van der Waals surface area contributed by atoms with E-state index in [-0.39, 0.29) is 17.7 Å². The van der Waals surface area contributed by atoms with E-state index in [1.807, 2.05) is 45.2 Å². The van der Waals surface area contributed by atoms with Gasteiger partial charge in [-0.05, 0) is 68.4 Å². The largest absolute Gasteiger partial charge is 0.383 e. The third-order valence-electron chi connectivity index (χ3n) is 5.90. The summed E-state index contributed by atoms with van der Waals surface area (Å²) in [6, 6.07) is 8.02. The SMILES string of the molecule is Cc1cc(Nc2nccc(C)n2)cc(-c2cnc(C3(O)CCC(C(N)=O)C(C)C3)s2)c1. The molecule has 4 N–H and O–H groups in total. The molecule has 3 atom stereocenters. The van der Waals surface area contributed by atoms with Crippen LogP contribution in [0.25, 0.3) is 10.4 Å². The van der Waals surface area contributed by atoms with Gasteiger partial charge in [-0.1, -0.05) is 13.0 Å². The van der Waals surface area contributed by atoms with Crippen molar-refractivity contribution in [3.8, 4) is 10.4 Å². The second-order valence-electron chi connectivity index (χ2n) is 8.52. The Balaban J connectivity index is 1.58. The fraction of sp³-hybridized carbons (Fsp3) is 0.391. The fourth-order valence-corrected chi connectivity index (χ4v) is 5.36. The fourth-order valence-electron chi connectivity index (χ4n) is 4.33. The molecule has 0 saturated heterocycles. The van der Waals surface area contributed by atoms with Crippen molar-refractivity contribution in [1.29, 1.82) is 0 Å². The topological polar surface area (TPSA) is 114 Å². The number of aryl methyl sites for hydroxylation is 2. The first-order valence-corrected chi connectivity index (χ1v) is 11.2. The Labute approximate surface area is 185 Å². The zero-order valence-electron chi connectivity index (χ0n) is 17.9. The van der Waals surface area contributed by atoms with Gasteiger partial charge >= 0.3 is 0 Å². The summed E-state index contributed by atoms with van der Waals surface area (Å²) < 4.78 is 0. The summed E-state index contributed by atoms with van der Waals surface area (Å²) in [5.41, 5.74) is 8.39. The van der Waals surface area contributed by atoms with Crippen molar-refractivity contribution in [2.45, 2.75) is 45.6 Å². The van der Waals surface area contributed by atoms with Crippen LogP contribution in [0.15, 0.2) is 36.7 Å². The van der Waals surface area contributed by atoms with Crippen LogP contribution in [0.2, 0.25) is 0 Å². The lowest BCUT2D eigenvalue weighted by atomic mass is 9.72. The van der Waals surface area contributed by atoms with Crippen LogP contribution in [0.1, 0.15) is 42.5 Å². The number of thiazole rings is 1. The molecule has 1 aliphatic rings. The molecule has 2 heterocycles.